The molecule has 15 heteroatoms. The third-order valence-corrected chi connectivity index (χ3v) is 7.75. The van der Waals surface area contributed by atoms with Crippen LogP contribution in [0.15, 0.2) is 79.4 Å². The number of Topliss-reactive ketones (excluding diaryl/α,β-unsaturated/α-hetero) is 2. The number of ketones is 2. The highest BCUT2D eigenvalue weighted by Gasteiger charge is 2.26. The number of aromatic carboxylic acids is 1. The van der Waals surface area contributed by atoms with E-state index >= 15 is 0 Å². The minimum absolute atomic E-state index is 0.0355. The Balaban J connectivity index is 0.000000162. The van der Waals surface area contributed by atoms with Crippen LogP contribution in [0.25, 0.3) is 22.2 Å². The molecule has 15 nitrogen and oxygen atoms in total. The molecule has 0 fully saturated rings. The maximum Gasteiger partial charge on any atom is 0.379 e. The lowest BCUT2D eigenvalue weighted by atomic mass is 9.95. The van der Waals surface area contributed by atoms with Gasteiger partial charge < -0.3 is 34.1 Å². The second-order valence-electron chi connectivity index (χ2n) is 12.6. The number of carbonyl (C=O) groups excluding carboxylic acids is 4. The quantitative estimate of drug-likeness (QED) is 0.109. The SMILES string of the molecule is CC(=O)c1ccc2c(c1)OCO2.CCOC(=O)C(=O)c1ccncc1NC(=O)C(C)(C)C.O=C(O)c1cc(-c2ccc3c(c2)OCO3)nc2cnccc12. The first-order chi connectivity index (χ1) is 25.8. The summed E-state index contributed by atoms with van der Waals surface area (Å²) in [4.78, 5) is 70.1. The van der Waals surface area contributed by atoms with Crippen LogP contribution in [0.5, 0.6) is 23.0 Å². The van der Waals surface area contributed by atoms with E-state index in [-0.39, 0.29) is 48.7 Å². The number of ether oxygens (including phenoxy) is 5. The zero-order valence-electron chi connectivity index (χ0n) is 30.0. The number of fused-ring (bicyclic) bond motifs is 3. The molecule has 5 heterocycles. The van der Waals surface area contributed by atoms with Gasteiger partial charge in [0.25, 0.3) is 5.78 Å². The van der Waals surface area contributed by atoms with Crippen LogP contribution in [0.1, 0.15) is 65.7 Å². The van der Waals surface area contributed by atoms with Crippen molar-refractivity contribution in [1.29, 1.82) is 0 Å². The van der Waals surface area contributed by atoms with Crippen molar-refractivity contribution < 1.29 is 52.8 Å². The lowest BCUT2D eigenvalue weighted by molar-refractivity contribution is -0.137. The Morgan fingerprint density at radius 3 is 2.07 bits per heavy atom. The number of nitrogens with zero attached hydrogens (tertiary/aromatic N) is 3. The fraction of sp³-hybridized carbons (Fsp3) is 0.231. The Hall–Kier alpha value is -6.90. The van der Waals surface area contributed by atoms with Gasteiger partial charge in [-0.3, -0.25) is 24.4 Å². The summed E-state index contributed by atoms with van der Waals surface area (Å²) >= 11 is 0. The summed E-state index contributed by atoms with van der Waals surface area (Å²) in [6, 6.07) is 15.2. The van der Waals surface area contributed by atoms with Crippen molar-refractivity contribution in [2.24, 2.45) is 5.41 Å². The van der Waals surface area contributed by atoms with Gasteiger partial charge in [0.2, 0.25) is 19.5 Å². The molecule has 2 aliphatic heterocycles. The first-order valence-corrected chi connectivity index (χ1v) is 16.5. The molecule has 7 rings (SSSR count). The van der Waals surface area contributed by atoms with E-state index < -0.39 is 23.1 Å². The van der Waals surface area contributed by atoms with Gasteiger partial charge >= 0.3 is 11.9 Å². The van der Waals surface area contributed by atoms with Crippen molar-refractivity contribution in [3.05, 3.63) is 96.1 Å². The van der Waals surface area contributed by atoms with Gasteiger partial charge in [-0.15, -0.1) is 0 Å². The van der Waals surface area contributed by atoms with E-state index in [1.807, 2.05) is 6.07 Å². The van der Waals surface area contributed by atoms with Crippen molar-refractivity contribution in [2.45, 2.75) is 34.6 Å². The Bertz CT molecular complexity index is 2250. The van der Waals surface area contributed by atoms with E-state index in [4.69, 9.17) is 18.9 Å². The molecule has 1 amide bonds. The number of carboxylic acids is 1. The van der Waals surface area contributed by atoms with E-state index in [9.17, 15) is 29.1 Å². The number of pyridine rings is 3. The largest absolute Gasteiger partial charge is 0.478 e. The molecule has 5 aromatic rings. The molecule has 2 aromatic carbocycles. The van der Waals surface area contributed by atoms with Crippen molar-refractivity contribution in [1.82, 2.24) is 15.0 Å². The molecule has 0 atom stereocenters. The number of nitrogens with one attached hydrogen (secondary N) is 1. The number of amides is 1. The number of carboxylic acid groups (broad SMARTS) is 1. The minimum Gasteiger partial charge on any atom is -0.478 e. The number of esters is 1. The Morgan fingerprint density at radius 2 is 1.43 bits per heavy atom. The maximum absolute atomic E-state index is 11.9. The van der Waals surface area contributed by atoms with E-state index in [1.54, 1.807) is 82.6 Å². The van der Waals surface area contributed by atoms with Crippen LogP contribution in [0, 0.1) is 5.41 Å². The molecule has 0 bridgehead atoms. The van der Waals surface area contributed by atoms with Gasteiger partial charge in [0.05, 0.1) is 47.0 Å². The third kappa shape index (κ3) is 9.11. The van der Waals surface area contributed by atoms with Crippen molar-refractivity contribution in [3.8, 4) is 34.3 Å². The molecule has 278 valence electrons. The second kappa shape index (κ2) is 16.6. The van der Waals surface area contributed by atoms with Gasteiger partial charge in [0.15, 0.2) is 28.8 Å². The predicted molar refractivity (Wildman–Crippen MR) is 194 cm³/mol. The van der Waals surface area contributed by atoms with E-state index in [0.717, 1.165) is 5.56 Å². The van der Waals surface area contributed by atoms with E-state index in [0.29, 0.717) is 45.2 Å². The molecule has 2 aliphatic rings. The van der Waals surface area contributed by atoms with Gasteiger partial charge in [0.1, 0.15) is 0 Å². The maximum atomic E-state index is 11.9. The Kier molecular flexibility index (Phi) is 11.8. The Labute approximate surface area is 309 Å². The first-order valence-electron chi connectivity index (χ1n) is 16.5. The van der Waals surface area contributed by atoms with Crippen LogP contribution in [-0.4, -0.2) is 69.7 Å². The lowest BCUT2D eigenvalue weighted by Gasteiger charge is -2.18. The molecule has 0 unspecified atom stereocenters. The number of rotatable bonds is 7. The second-order valence-corrected chi connectivity index (χ2v) is 12.6. The summed E-state index contributed by atoms with van der Waals surface area (Å²) in [6.07, 6.45) is 5.81. The molecule has 2 N–H and O–H groups in total. The molecule has 0 saturated heterocycles. The summed E-state index contributed by atoms with van der Waals surface area (Å²) in [6.45, 7) is 8.91. The van der Waals surface area contributed by atoms with Crippen molar-refractivity contribution >= 4 is 46.0 Å². The van der Waals surface area contributed by atoms with Gasteiger partial charge in [-0.05, 0) is 68.4 Å². The standard InChI is InChI=1S/C16H10N2O4.C14H18N2O4.C9H8O3/c19-16(20)11-6-12(18-13-7-17-4-3-10(11)13)9-1-2-14-15(5-9)22-8-21-14;1-5-20-12(18)11(17)9-6-7-15-8-10(9)16-13(19)14(2,3)4;1-6(10)7-2-3-8-9(4-7)12-5-11-8/h1-7H,8H2,(H,19,20);6-8H,5H2,1-4H3,(H,16,19);2-4H,5H2,1H3. The van der Waals surface area contributed by atoms with Crippen LogP contribution >= 0.6 is 0 Å². The number of hydrogen-bond donors (Lipinski definition) is 2. The number of aromatic nitrogens is 3. The summed E-state index contributed by atoms with van der Waals surface area (Å²) < 4.78 is 25.5. The summed E-state index contributed by atoms with van der Waals surface area (Å²) in [5, 5.41) is 12.6. The topological polar surface area (TPSA) is 202 Å². The van der Waals surface area contributed by atoms with Gasteiger partial charge in [-0.25, -0.2) is 14.6 Å². The monoisotopic (exact) mass is 736 g/mol. The van der Waals surface area contributed by atoms with E-state index in [2.05, 4.69) is 25.0 Å². The molecule has 54 heavy (non-hydrogen) atoms. The normalized spacial score (nSPS) is 12.0. The summed E-state index contributed by atoms with van der Waals surface area (Å²) in [7, 11) is 0. The zero-order chi connectivity index (χ0) is 39.0. The van der Waals surface area contributed by atoms with Crippen LogP contribution < -0.4 is 24.3 Å². The molecule has 0 aliphatic carbocycles. The average Bonchev–Trinajstić information content (AvgIpc) is 3.84. The van der Waals surface area contributed by atoms with E-state index in [1.165, 1.54) is 25.4 Å². The summed E-state index contributed by atoms with van der Waals surface area (Å²) in [5.74, 6) is -0.337. The minimum atomic E-state index is -0.999. The van der Waals surface area contributed by atoms with Gasteiger partial charge in [-0.1, -0.05) is 20.8 Å². The van der Waals surface area contributed by atoms with Crippen LogP contribution in [0.2, 0.25) is 0 Å². The van der Waals surface area contributed by atoms with Crippen molar-refractivity contribution in [2.75, 3.05) is 25.5 Å². The average molecular weight is 737 g/mol. The Morgan fingerprint density at radius 1 is 0.796 bits per heavy atom. The van der Waals surface area contributed by atoms with Gasteiger partial charge in [-0.2, -0.15) is 0 Å². The highest BCUT2D eigenvalue weighted by molar-refractivity contribution is 6.42. The highest BCUT2D eigenvalue weighted by Crippen LogP contribution is 2.36. The molecule has 0 spiro atoms. The predicted octanol–water partition coefficient (Wildman–Crippen LogP) is 6.15. The van der Waals surface area contributed by atoms with Crippen LogP contribution in [0.4, 0.5) is 5.69 Å². The zero-order valence-corrected chi connectivity index (χ0v) is 30.0. The molecule has 3 aromatic heterocycles. The smallest absolute Gasteiger partial charge is 0.379 e. The fourth-order valence-corrected chi connectivity index (χ4v) is 4.88. The third-order valence-electron chi connectivity index (χ3n) is 7.75. The van der Waals surface area contributed by atoms with Gasteiger partial charge in [0, 0.05) is 34.3 Å². The number of carbonyl (C=O) groups is 5. The number of benzene rings is 2. The molecule has 0 saturated carbocycles. The number of anilines is 1. The molecular formula is C39H36N4O11. The first kappa shape index (κ1) is 38.3. The summed E-state index contributed by atoms with van der Waals surface area (Å²) in [5.41, 5.74) is 2.34. The van der Waals surface area contributed by atoms with Crippen LogP contribution in [-0.2, 0) is 14.3 Å². The molecular weight excluding hydrogens is 700 g/mol. The lowest BCUT2D eigenvalue weighted by Crippen LogP contribution is -2.29. The van der Waals surface area contributed by atoms with Crippen LogP contribution in [0.3, 0.4) is 0 Å². The fourth-order valence-electron chi connectivity index (χ4n) is 4.88. The molecule has 0 radical (unpaired) electrons. The highest BCUT2D eigenvalue weighted by atomic mass is 16.7. The van der Waals surface area contributed by atoms with Crippen molar-refractivity contribution in [3.63, 3.8) is 0 Å². The number of hydrogen-bond acceptors (Lipinski definition) is 13.